The van der Waals surface area contributed by atoms with Gasteiger partial charge in [-0.3, -0.25) is 0 Å². The maximum atomic E-state index is 12.0. The lowest BCUT2D eigenvalue weighted by molar-refractivity contribution is 0.0602. The molecule has 0 aliphatic carbocycles. The molecule has 2 rings (SSSR count). The zero-order valence-corrected chi connectivity index (χ0v) is 11.4. The summed E-state index contributed by atoms with van der Waals surface area (Å²) in [5.74, 6) is -0.528. The van der Waals surface area contributed by atoms with Gasteiger partial charge in [-0.1, -0.05) is 11.6 Å². The minimum Gasteiger partial charge on any atom is -0.465 e. The minimum absolute atomic E-state index is 0.204. The molecule has 0 saturated carbocycles. The summed E-state index contributed by atoms with van der Waals surface area (Å²) < 4.78 is 4.68. The molecule has 0 atom stereocenters. The van der Waals surface area contributed by atoms with E-state index in [9.17, 15) is 9.59 Å². The van der Waals surface area contributed by atoms with Crippen LogP contribution >= 0.6 is 11.6 Å². The summed E-state index contributed by atoms with van der Waals surface area (Å²) in [6.45, 7) is 1.49. The fourth-order valence-corrected chi connectivity index (χ4v) is 2.19. The number of nitrogens with zero attached hydrogens (tertiary/aromatic N) is 1. The molecule has 5 nitrogen and oxygen atoms in total. The molecule has 0 spiro atoms. The molecular weight excluding hydrogens is 268 g/mol. The van der Waals surface area contributed by atoms with E-state index >= 15 is 0 Å². The molecule has 0 unspecified atom stereocenters. The van der Waals surface area contributed by atoms with Crippen LogP contribution in [0.15, 0.2) is 18.2 Å². The summed E-state index contributed by atoms with van der Waals surface area (Å²) in [5, 5.41) is 3.14. The van der Waals surface area contributed by atoms with Gasteiger partial charge in [0.2, 0.25) is 0 Å². The van der Waals surface area contributed by atoms with Crippen LogP contribution < -0.4 is 5.32 Å². The van der Waals surface area contributed by atoms with Gasteiger partial charge >= 0.3 is 12.0 Å². The predicted molar refractivity (Wildman–Crippen MR) is 72.6 cm³/mol. The quantitative estimate of drug-likeness (QED) is 0.849. The maximum Gasteiger partial charge on any atom is 0.340 e. The number of amides is 2. The number of hydrogen-bond donors (Lipinski definition) is 1. The highest BCUT2D eigenvalue weighted by Gasteiger charge is 2.20. The zero-order chi connectivity index (χ0) is 13.8. The molecule has 1 saturated heterocycles. The number of halogens is 1. The van der Waals surface area contributed by atoms with Crippen molar-refractivity contribution in [3.05, 3.63) is 28.8 Å². The first-order valence-electron chi connectivity index (χ1n) is 6.05. The van der Waals surface area contributed by atoms with Gasteiger partial charge in [0.1, 0.15) is 0 Å². The fraction of sp³-hybridized carbons (Fsp3) is 0.385. The topological polar surface area (TPSA) is 58.6 Å². The number of methoxy groups -OCH3 is 1. The number of likely N-dealkylation sites (tertiary alicyclic amines) is 1. The third kappa shape index (κ3) is 3.17. The highest BCUT2D eigenvalue weighted by atomic mass is 35.5. The van der Waals surface area contributed by atoms with Crippen molar-refractivity contribution in [2.24, 2.45) is 0 Å². The molecule has 19 heavy (non-hydrogen) atoms. The zero-order valence-electron chi connectivity index (χ0n) is 10.6. The van der Waals surface area contributed by atoms with Crippen molar-refractivity contribution in [2.45, 2.75) is 12.8 Å². The number of rotatable bonds is 2. The summed E-state index contributed by atoms with van der Waals surface area (Å²) in [7, 11) is 1.29. The Hall–Kier alpha value is -1.75. The molecule has 1 N–H and O–H groups in total. The molecular formula is C13H15ClN2O3. The largest absolute Gasteiger partial charge is 0.465 e. The summed E-state index contributed by atoms with van der Waals surface area (Å²) in [6, 6.07) is 4.49. The highest BCUT2D eigenvalue weighted by molar-refractivity contribution is 6.31. The lowest BCUT2D eigenvalue weighted by atomic mass is 10.2. The van der Waals surface area contributed by atoms with Crippen LogP contribution in [0.1, 0.15) is 23.2 Å². The molecule has 0 bridgehead atoms. The lowest BCUT2D eigenvalue weighted by Gasteiger charge is -2.17. The predicted octanol–water partition coefficient (Wildman–Crippen LogP) is 2.75. The Bertz CT molecular complexity index is 499. The van der Waals surface area contributed by atoms with Crippen molar-refractivity contribution in [2.75, 3.05) is 25.5 Å². The molecule has 2 amide bonds. The number of anilines is 1. The number of benzene rings is 1. The second-order valence-electron chi connectivity index (χ2n) is 4.31. The van der Waals surface area contributed by atoms with Crippen LogP contribution in [-0.2, 0) is 4.74 Å². The van der Waals surface area contributed by atoms with Crippen LogP contribution in [0.2, 0.25) is 5.02 Å². The van der Waals surface area contributed by atoms with Crippen LogP contribution in [0.3, 0.4) is 0 Å². The smallest absolute Gasteiger partial charge is 0.340 e. The first-order valence-corrected chi connectivity index (χ1v) is 6.43. The highest BCUT2D eigenvalue weighted by Crippen LogP contribution is 2.22. The third-order valence-electron chi connectivity index (χ3n) is 3.02. The fourth-order valence-electron chi connectivity index (χ4n) is 2.02. The number of ether oxygens (including phenoxy) is 1. The van der Waals surface area contributed by atoms with Gasteiger partial charge in [-0.05, 0) is 31.0 Å². The second kappa shape index (κ2) is 5.93. The van der Waals surface area contributed by atoms with Gasteiger partial charge in [-0.25, -0.2) is 9.59 Å². The Morgan fingerprint density at radius 1 is 1.32 bits per heavy atom. The average Bonchev–Trinajstić information content (AvgIpc) is 2.94. The van der Waals surface area contributed by atoms with E-state index in [0.717, 1.165) is 25.9 Å². The maximum absolute atomic E-state index is 12.0. The average molecular weight is 283 g/mol. The number of urea groups is 1. The van der Waals surface area contributed by atoms with Gasteiger partial charge in [0.05, 0.1) is 18.4 Å². The van der Waals surface area contributed by atoms with Crippen molar-refractivity contribution in [1.82, 2.24) is 4.90 Å². The van der Waals surface area contributed by atoms with E-state index in [2.05, 4.69) is 10.1 Å². The summed E-state index contributed by atoms with van der Waals surface area (Å²) in [5.41, 5.74) is 0.663. The Labute approximate surface area is 116 Å². The van der Waals surface area contributed by atoms with Crippen LogP contribution in [0.25, 0.3) is 0 Å². The third-order valence-corrected chi connectivity index (χ3v) is 3.26. The molecule has 0 aromatic heterocycles. The summed E-state index contributed by atoms with van der Waals surface area (Å²) >= 11 is 5.85. The van der Waals surface area contributed by atoms with E-state index in [1.165, 1.54) is 13.2 Å². The van der Waals surface area contributed by atoms with E-state index in [-0.39, 0.29) is 11.6 Å². The number of hydrogen-bond acceptors (Lipinski definition) is 3. The normalized spacial score (nSPS) is 14.3. The van der Waals surface area contributed by atoms with Crippen molar-refractivity contribution in [3.8, 4) is 0 Å². The van der Waals surface area contributed by atoms with Gasteiger partial charge in [-0.2, -0.15) is 0 Å². The number of carbonyl (C=O) groups excluding carboxylic acids is 2. The van der Waals surface area contributed by atoms with Crippen LogP contribution in [0, 0.1) is 0 Å². The number of carbonyl (C=O) groups is 2. The Morgan fingerprint density at radius 2 is 2.00 bits per heavy atom. The van der Waals surface area contributed by atoms with E-state index < -0.39 is 5.97 Å². The number of esters is 1. The first-order chi connectivity index (χ1) is 9.11. The molecule has 1 aliphatic heterocycles. The molecule has 6 heteroatoms. The lowest BCUT2D eigenvalue weighted by Crippen LogP contribution is -2.32. The van der Waals surface area contributed by atoms with Gasteiger partial charge in [0.25, 0.3) is 0 Å². The molecule has 1 aromatic carbocycles. The van der Waals surface area contributed by atoms with E-state index in [4.69, 9.17) is 11.6 Å². The summed E-state index contributed by atoms with van der Waals surface area (Å²) in [6.07, 6.45) is 2.02. The van der Waals surface area contributed by atoms with Gasteiger partial charge in [0.15, 0.2) is 0 Å². The van der Waals surface area contributed by atoms with Gasteiger partial charge in [-0.15, -0.1) is 0 Å². The minimum atomic E-state index is -0.528. The standard InChI is InChI=1S/C13H15ClN2O3/c1-19-12(17)10-8-9(14)4-5-11(10)15-13(18)16-6-2-3-7-16/h4-5,8H,2-3,6-7H2,1H3,(H,15,18). The Morgan fingerprint density at radius 3 is 2.63 bits per heavy atom. The second-order valence-corrected chi connectivity index (χ2v) is 4.74. The molecule has 1 aromatic rings. The van der Waals surface area contributed by atoms with Gasteiger partial charge < -0.3 is 15.0 Å². The molecule has 1 fully saturated rings. The molecule has 1 aliphatic rings. The van der Waals surface area contributed by atoms with Crippen LogP contribution in [-0.4, -0.2) is 37.1 Å². The Balaban J connectivity index is 2.19. The van der Waals surface area contributed by atoms with Crippen LogP contribution in [0.5, 0.6) is 0 Å². The van der Waals surface area contributed by atoms with Crippen molar-refractivity contribution in [3.63, 3.8) is 0 Å². The monoisotopic (exact) mass is 282 g/mol. The van der Waals surface area contributed by atoms with Crippen molar-refractivity contribution < 1.29 is 14.3 Å². The Kier molecular flexibility index (Phi) is 4.27. The van der Waals surface area contributed by atoms with Gasteiger partial charge in [0, 0.05) is 18.1 Å². The SMILES string of the molecule is COC(=O)c1cc(Cl)ccc1NC(=O)N1CCCC1. The van der Waals surface area contributed by atoms with E-state index in [0.29, 0.717) is 10.7 Å². The van der Waals surface area contributed by atoms with E-state index in [1.54, 1.807) is 17.0 Å². The number of nitrogens with one attached hydrogen (secondary N) is 1. The van der Waals surface area contributed by atoms with Crippen LogP contribution in [0.4, 0.5) is 10.5 Å². The van der Waals surface area contributed by atoms with E-state index in [1.807, 2.05) is 0 Å². The molecule has 1 heterocycles. The first kappa shape index (κ1) is 13.7. The molecule has 0 radical (unpaired) electrons. The van der Waals surface area contributed by atoms with Crippen molar-refractivity contribution >= 4 is 29.3 Å². The summed E-state index contributed by atoms with van der Waals surface area (Å²) in [4.78, 5) is 25.4. The molecule has 102 valence electrons. The van der Waals surface area contributed by atoms with Crippen molar-refractivity contribution in [1.29, 1.82) is 0 Å².